The first kappa shape index (κ1) is 19.4. The monoisotopic (exact) mass is 412 g/mol. The lowest BCUT2D eigenvalue weighted by atomic mass is 9.98. The van der Waals surface area contributed by atoms with Gasteiger partial charge in [-0.3, -0.25) is 0 Å². The van der Waals surface area contributed by atoms with Crippen molar-refractivity contribution in [3.8, 4) is 11.5 Å². The highest BCUT2D eigenvalue weighted by molar-refractivity contribution is 7.88. The van der Waals surface area contributed by atoms with Gasteiger partial charge in [0, 0.05) is 22.6 Å². The molecular formula is C18H18ClFN2O4S. The number of rotatable bonds is 5. The summed E-state index contributed by atoms with van der Waals surface area (Å²) < 4.78 is 50.3. The molecule has 27 heavy (non-hydrogen) atoms. The third kappa shape index (κ3) is 3.72. The first-order chi connectivity index (χ1) is 12.8. The Hall–Kier alpha value is -2.32. The summed E-state index contributed by atoms with van der Waals surface area (Å²) in [4.78, 5) is 0. The summed E-state index contributed by atoms with van der Waals surface area (Å²) in [5.74, 6) is 0.439. The van der Waals surface area contributed by atoms with Crippen molar-refractivity contribution in [1.29, 1.82) is 0 Å². The molecule has 0 unspecified atom stereocenters. The number of sulfonamides is 1. The Morgan fingerprint density at radius 3 is 2.48 bits per heavy atom. The van der Waals surface area contributed by atoms with Crippen LogP contribution in [0.2, 0.25) is 5.02 Å². The van der Waals surface area contributed by atoms with Crippen LogP contribution in [0.5, 0.6) is 11.5 Å². The van der Waals surface area contributed by atoms with E-state index in [9.17, 15) is 12.8 Å². The van der Waals surface area contributed by atoms with Crippen molar-refractivity contribution in [3.05, 3.63) is 58.4 Å². The molecule has 0 fully saturated rings. The zero-order valence-electron chi connectivity index (χ0n) is 14.9. The highest BCUT2D eigenvalue weighted by atomic mass is 35.5. The molecule has 3 rings (SSSR count). The van der Waals surface area contributed by atoms with Crippen molar-refractivity contribution < 1.29 is 22.3 Å². The van der Waals surface area contributed by atoms with Gasteiger partial charge in [0.2, 0.25) is 10.0 Å². The molecule has 0 saturated carbocycles. The summed E-state index contributed by atoms with van der Waals surface area (Å²) in [5, 5.41) is 4.39. The quantitative estimate of drug-likeness (QED) is 0.752. The number of methoxy groups -OCH3 is 2. The number of ether oxygens (including phenoxy) is 2. The smallest absolute Gasteiger partial charge is 0.247 e. The molecule has 0 aliphatic carbocycles. The molecule has 0 spiro atoms. The van der Waals surface area contributed by atoms with Crippen LogP contribution in [0.3, 0.4) is 0 Å². The van der Waals surface area contributed by atoms with E-state index in [2.05, 4.69) is 5.10 Å². The van der Waals surface area contributed by atoms with Crippen LogP contribution >= 0.6 is 11.6 Å². The number of benzene rings is 2. The summed E-state index contributed by atoms with van der Waals surface area (Å²) in [6.07, 6.45) is 1.19. The van der Waals surface area contributed by atoms with E-state index >= 15 is 0 Å². The zero-order valence-corrected chi connectivity index (χ0v) is 16.5. The molecule has 0 amide bonds. The van der Waals surface area contributed by atoms with E-state index in [0.29, 0.717) is 22.8 Å². The Morgan fingerprint density at radius 2 is 1.89 bits per heavy atom. The van der Waals surface area contributed by atoms with Crippen LogP contribution in [-0.4, -0.2) is 39.0 Å². The largest absolute Gasteiger partial charge is 0.493 e. The van der Waals surface area contributed by atoms with Crippen LogP contribution in [0.4, 0.5) is 4.39 Å². The summed E-state index contributed by atoms with van der Waals surface area (Å²) in [5.41, 5.74) is 1.23. The SMILES string of the molecule is COc1ccc(C2=NN(S(C)(=O)=O)[C@H](c3c(F)cccc3Cl)C2)cc1OC. The molecule has 2 aromatic rings. The lowest BCUT2D eigenvalue weighted by Gasteiger charge is -2.22. The number of halogens is 2. The van der Waals surface area contributed by atoms with E-state index in [1.807, 2.05) is 0 Å². The summed E-state index contributed by atoms with van der Waals surface area (Å²) in [6, 6.07) is 8.51. The van der Waals surface area contributed by atoms with E-state index in [0.717, 1.165) is 10.7 Å². The van der Waals surface area contributed by atoms with Gasteiger partial charge in [0.25, 0.3) is 0 Å². The van der Waals surface area contributed by atoms with Crippen LogP contribution in [0.25, 0.3) is 0 Å². The van der Waals surface area contributed by atoms with E-state index in [-0.39, 0.29) is 17.0 Å². The predicted octanol–water partition coefficient (Wildman–Crippen LogP) is 3.61. The minimum atomic E-state index is -3.74. The molecule has 6 nitrogen and oxygen atoms in total. The second kappa shape index (κ2) is 7.36. The molecule has 0 saturated heterocycles. The molecule has 0 aromatic heterocycles. The second-order valence-electron chi connectivity index (χ2n) is 6.01. The molecule has 1 atom stereocenters. The van der Waals surface area contributed by atoms with Gasteiger partial charge in [-0.1, -0.05) is 17.7 Å². The average Bonchev–Trinajstić information content (AvgIpc) is 3.06. The van der Waals surface area contributed by atoms with E-state index < -0.39 is 21.9 Å². The molecular weight excluding hydrogens is 395 g/mol. The number of hydrazone groups is 1. The Morgan fingerprint density at radius 1 is 1.19 bits per heavy atom. The predicted molar refractivity (Wildman–Crippen MR) is 102 cm³/mol. The maximum Gasteiger partial charge on any atom is 0.247 e. The molecule has 1 aliphatic rings. The fourth-order valence-electron chi connectivity index (χ4n) is 3.03. The maximum atomic E-state index is 14.4. The van der Waals surface area contributed by atoms with Crippen LogP contribution in [0.15, 0.2) is 41.5 Å². The highest BCUT2D eigenvalue weighted by Gasteiger charge is 2.37. The third-order valence-corrected chi connectivity index (χ3v) is 5.61. The average molecular weight is 413 g/mol. The second-order valence-corrected chi connectivity index (χ2v) is 8.25. The normalized spacial score (nSPS) is 17.0. The Balaban J connectivity index is 2.07. The van der Waals surface area contributed by atoms with E-state index in [4.69, 9.17) is 21.1 Å². The number of hydrogen-bond acceptors (Lipinski definition) is 5. The summed E-state index contributed by atoms with van der Waals surface area (Å²) in [6.45, 7) is 0. The van der Waals surface area contributed by atoms with Crippen LogP contribution in [-0.2, 0) is 10.0 Å². The van der Waals surface area contributed by atoms with Gasteiger partial charge in [0.1, 0.15) is 5.82 Å². The molecule has 0 N–H and O–H groups in total. The number of nitrogens with zero attached hydrogens (tertiary/aromatic N) is 2. The van der Waals surface area contributed by atoms with Crippen LogP contribution < -0.4 is 9.47 Å². The van der Waals surface area contributed by atoms with Crippen molar-refractivity contribution in [1.82, 2.24) is 4.41 Å². The minimum absolute atomic E-state index is 0.101. The maximum absolute atomic E-state index is 14.4. The van der Waals surface area contributed by atoms with Gasteiger partial charge < -0.3 is 9.47 Å². The van der Waals surface area contributed by atoms with Crippen LogP contribution in [0, 0.1) is 5.82 Å². The van der Waals surface area contributed by atoms with Gasteiger partial charge in [-0.15, -0.1) is 0 Å². The molecule has 9 heteroatoms. The third-order valence-electron chi connectivity index (χ3n) is 4.26. The standard InChI is InChI=1S/C18H18ClFN2O4S/c1-25-16-8-7-11(9-17(16)26-2)14-10-15(22(21-14)27(3,23)24)18-12(19)5-4-6-13(18)20/h4-9,15H,10H2,1-3H3/t15-/m0/s1. The molecule has 1 aliphatic heterocycles. The lowest BCUT2D eigenvalue weighted by molar-refractivity contribution is 0.355. The molecule has 1 heterocycles. The van der Waals surface area contributed by atoms with Gasteiger partial charge in [-0.05, 0) is 30.3 Å². The van der Waals surface area contributed by atoms with Crippen LogP contribution in [0.1, 0.15) is 23.6 Å². The fraction of sp³-hybridized carbons (Fsp3) is 0.278. The van der Waals surface area contributed by atoms with Crippen molar-refractivity contribution in [2.75, 3.05) is 20.5 Å². The molecule has 0 radical (unpaired) electrons. The van der Waals surface area contributed by atoms with E-state index in [1.165, 1.54) is 32.4 Å². The molecule has 144 valence electrons. The minimum Gasteiger partial charge on any atom is -0.493 e. The van der Waals surface area contributed by atoms with Gasteiger partial charge in [0.05, 0.1) is 32.2 Å². The Kier molecular flexibility index (Phi) is 5.30. The topological polar surface area (TPSA) is 68.2 Å². The Bertz CT molecular complexity index is 990. The van der Waals surface area contributed by atoms with E-state index in [1.54, 1.807) is 18.2 Å². The fourth-order valence-corrected chi connectivity index (χ4v) is 4.21. The highest BCUT2D eigenvalue weighted by Crippen LogP contribution is 2.40. The number of hydrogen-bond donors (Lipinski definition) is 0. The van der Waals surface area contributed by atoms with Gasteiger partial charge in [-0.25, -0.2) is 12.8 Å². The van der Waals surface area contributed by atoms with Crippen molar-refractivity contribution in [2.45, 2.75) is 12.5 Å². The molecule has 2 aromatic carbocycles. The van der Waals surface area contributed by atoms with Gasteiger partial charge in [0.15, 0.2) is 11.5 Å². The van der Waals surface area contributed by atoms with Crippen molar-refractivity contribution >= 4 is 27.3 Å². The zero-order chi connectivity index (χ0) is 19.8. The van der Waals surface area contributed by atoms with Crippen molar-refractivity contribution in [3.63, 3.8) is 0 Å². The lowest BCUT2D eigenvalue weighted by Crippen LogP contribution is -2.26. The Labute approximate surface area is 162 Å². The summed E-state index contributed by atoms with van der Waals surface area (Å²) in [7, 11) is -0.715. The molecule has 0 bridgehead atoms. The first-order valence-electron chi connectivity index (χ1n) is 7.99. The van der Waals surface area contributed by atoms with Gasteiger partial charge >= 0.3 is 0 Å². The first-order valence-corrected chi connectivity index (χ1v) is 10.2. The summed E-state index contributed by atoms with van der Waals surface area (Å²) >= 11 is 6.16. The van der Waals surface area contributed by atoms with Gasteiger partial charge in [-0.2, -0.15) is 9.52 Å². The van der Waals surface area contributed by atoms with Crippen molar-refractivity contribution in [2.24, 2.45) is 5.10 Å².